The summed E-state index contributed by atoms with van der Waals surface area (Å²) in [5.74, 6) is 1.52. The lowest BCUT2D eigenvalue weighted by molar-refractivity contribution is -0.0284. The topological polar surface area (TPSA) is 70.2 Å². The van der Waals surface area contributed by atoms with Crippen LogP contribution in [0.4, 0.5) is 5.69 Å². The Labute approximate surface area is 176 Å². The standard InChI is InChI=1S/C22H39N5O2/c1-5-23-22(26-15-21-17-27(11-13-29-21)16-18(2)3)25-14-19-6-8-20(9-7-19)24-10-12-28-4/h6-9,18,21,24H,5,10-17H2,1-4H3,(H2,23,25,26). The fraction of sp³-hybridized carbons (Fsp3) is 0.682. The van der Waals surface area contributed by atoms with Gasteiger partial charge >= 0.3 is 0 Å². The zero-order valence-corrected chi connectivity index (χ0v) is 18.5. The molecule has 164 valence electrons. The monoisotopic (exact) mass is 405 g/mol. The van der Waals surface area contributed by atoms with Crippen molar-refractivity contribution in [3.8, 4) is 0 Å². The minimum Gasteiger partial charge on any atom is -0.383 e. The molecule has 7 nitrogen and oxygen atoms in total. The van der Waals surface area contributed by atoms with Crippen LogP contribution in [0.3, 0.4) is 0 Å². The second kappa shape index (κ2) is 13.4. The Kier molecular flexibility index (Phi) is 10.8. The number of morpholine rings is 1. The van der Waals surface area contributed by atoms with Gasteiger partial charge in [-0.3, -0.25) is 4.90 Å². The molecule has 1 unspecified atom stereocenters. The average Bonchev–Trinajstić information content (AvgIpc) is 2.71. The molecule has 1 saturated heterocycles. The molecule has 3 N–H and O–H groups in total. The first kappa shape index (κ1) is 23.4. The lowest BCUT2D eigenvalue weighted by Gasteiger charge is -2.34. The molecule has 0 spiro atoms. The van der Waals surface area contributed by atoms with E-state index in [9.17, 15) is 0 Å². The lowest BCUT2D eigenvalue weighted by atomic mass is 10.2. The number of nitrogens with zero attached hydrogens (tertiary/aromatic N) is 2. The number of ether oxygens (including phenoxy) is 2. The molecule has 1 aromatic carbocycles. The summed E-state index contributed by atoms with van der Waals surface area (Å²) in [7, 11) is 1.71. The summed E-state index contributed by atoms with van der Waals surface area (Å²) in [6.45, 7) is 14.3. The normalized spacial score (nSPS) is 18.1. The number of hydrogen-bond acceptors (Lipinski definition) is 5. The van der Waals surface area contributed by atoms with Gasteiger partial charge in [-0.15, -0.1) is 0 Å². The van der Waals surface area contributed by atoms with Gasteiger partial charge in [-0.2, -0.15) is 0 Å². The largest absolute Gasteiger partial charge is 0.383 e. The number of aliphatic imine (C=N–C) groups is 1. The van der Waals surface area contributed by atoms with Gasteiger partial charge < -0.3 is 25.4 Å². The van der Waals surface area contributed by atoms with Crippen LogP contribution in [0.1, 0.15) is 26.3 Å². The Morgan fingerprint density at radius 1 is 1.28 bits per heavy atom. The molecule has 1 aliphatic heterocycles. The van der Waals surface area contributed by atoms with Crippen LogP contribution in [0.25, 0.3) is 0 Å². The van der Waals surface area contributed by atoms with Crippen LogP contribution < -0.4 is 16.0 Å². The van der Waals surface area contributed by atoms with Crippen LogP contribution in [0.2, 0.25) is 0 Å². The van der Waals surface area contributed by atoms with Gasteiger partial charge in [0, 0.05) is 52.1 Å². The SMILES string of the molecule is CCNC(=NCc1ccc(NCCOC)cc1)NCC1CN(CC(C)C)CCO1. The van der Waals surface area contributed by atoms with Crippen LogP contribution in [0, 0.1) is 5.92 Å². The molecule has 0 saturated carbocycles. The van der Waals surface area contributed by atoms with E-state index in [2.05, 4.69) is 65.9 Å². The minimum absolute atomic E-state index is 0.198. The summed E-state index contributed by atoms with van der Waals surface area (Å²) in [4.78, 5) is 7.22. The van der Waals surface area contributed by atoms with Crippen LogP contribution in [-0.2, 0) is 16.0 Å². The molecule has 0 aliphatic carbocycles. The van der Waals surface area contributed by atoms with E-state index in [1.54, 1.807) is 7.11 Å². The van der Waals surface area contributed by atoms with Crippen molar-refractivity contribution in [3.05, 3.63) is 29.8 Å². The summed E-state index contributed by atoms with van der Waals surface area (Å²) in [5.41, 5.74) is 2.27. The van der Waals surface area contributed by atoms with E-state index in [-0.39, 0.29) is 6.10 Å². The van der Waals surface area contributed by atoms with Gasteiger partial charge in [0.15, 0.2) is 5.96 Å². The maximum atomic E-state index is 5.93. The number of methoxy groups -OCH3 is 1. The molecule has 1 heterocycles. The fourth-order valence-corrected chi connectivity index (χ4v) is 3.33. The third-order valence-electron chi connectivity index (χ3n) is 4.70. The molecule has 1 aliphatic rings. The Balaban J connectivity index is 1.81. The highest BCUT2D eigenvalue weighted by Gasteiger charge is 2.21. The summed E-state index contributed by atoms with van der Waals surface area (Å²) < 4.78 is 11.0. The van der Waals surface area contributed by atoms with E-state index in [1.807, 2.05) is 0 Å². The predicted octanol–water partition coefficient (Wildman–Crippen LogP) is 2.16. The van der Waals surface area contributed by atoms with E-state index in [4.69, 9.17) is 14.5 Å². The zero-order chi connectivity index (χ0) is 20.9. The van der Waals surface area contributed by atoms with Crippen molar-refractivity contribution in [1.82, 2.24) is 15.5 Å². The van der Waals surface area contributed by atoms with Crippen LogP contribution in [-0.4, -0.2) is 76.6 Å². The minimum atomic E-state index is 0.198. The van der Waals surface area contributed by atoms with Gasteiger partial charge in [-0.1, -0.05) is 26.0 Å². The average molecular weight is 406 g/mol. The number of nitrogens with one attached hydrogen (secondary N) is 3. The van der Waals surface area contributed by atoms with Crippen molar-refractivity contribution < 1.29 is 9.47 Å². The molecular weight excluding hydrogens is 366 g/mol. The molecule has 1 aromatic rings. The summed E-state index contributed by atoms with van der Waals surface area (Å²) in [5, 5.41) is 10.1. The molecule has 1 fully saturated rings. The van der Waals surface area contributed by atoms with Gasteiger partial charge in [0.05, 0.1) is 25.9 Å². The van der Waals surface area contributed by atoms with Crippen molar-refractivity contribution >= 4 is 11.6 Å². The molecular formula is C22H39N5O2. The van der Waals surface area contributed by atoms with Gasteiger partial charge in [-0.05, 0) is 30.5 Å². The van der Waals surface area contributed by atoms with Gasteiger partial charge in [0.2, 0.25) is 0 Å². The van der Waals surface area contributed by atoms with Gasteiger partial charge in [-0.25, -0.2) is 4.99 Å². The van der Waals surface area contributed by atoms with E-state index in [0.29, 0.717) is 19.1 Å². The number of anilines is 1. The van der Waals surface area contributed by atoms with Crippen LogP contribution in [0.15, 0.2) is 29.3 Å². The highest BCUT2D eigenvalue weighted by Crippen LogP contribution is 2.10. The van der Waals surface area contributed by atoms with Gasteiger partial charge in [0.25, 0.3) is 0 Å². The lowest BCUT2D eigenvalue weighted by Crippen LogP contribution is -2.50. The summed E-state index contributed by atoms with van der Waals surface area (Å²) >= 11 is 0. The molecule has 0 aromatic heterocycles. The number of rotatable bonds is 11. The van der Waals surface area contributed by atoms with Crippen molar-refractivity contribution in [2.75, 3.05) is 64.9 Å². The van der Waals surface area contributed by atoms with Crippen molar-refractivity contribution in [1.29, 1.82) is 0 Å². The van der Waals surface area contributed by atoms with E-state index in [0.717, 1.165) is 57.5 Å². The number of benzene rings is 1. The third kappa shape index (κ3) is 9.47. The highest BCUT2D eigenvalue weighted by atomic mass is 16.5. The Morgan fingerprint density at radius 3 is 2.76 bits per heavy atom. The number of hydrogen-bond donors (Lipinski definition) is 3. The van der Waals surface area contributed by atoms with E-state index in [1.165, 1.54) is 5.56 Å². The Bertz CT molecular complexity index is 591. The van der Waals surface area contributed by atoms with Crippen molar-refractivity contribution in [3.63, 3.8) is 0 Å². The van der Waals surface area contributed by atoms with Gasteiger partial charge in [0.1, 0.15) is 0 Å². The van der Waals surface area contributed by atoms with E-state index >= 15 is 0 Å². The molecule has 1 atom stereocenters. The second-order valence-corrected chi connectivity index (χ2v) is 7.84. The van der Waals surface area contributed by atoms with E-state index < -0.39 is 0 Å². The molecule has 7 heteroatoms. The zero-order valence-electron chi connectivity index (χ0n) is 18.5. The molecule has 0 amide bonds. The number of guanidine groups is 1. The first-order chi connectivity index (χ1) is 14.1. The van der Waals surface area contributed by atoms with Crippen molar-refractivity contribution in [2.45, 2.75) is 33.4 Å². The fourth-order valence-electron chi connectivity index (χ4n) is 3.33. The summed E-state index contributed by atoms with van der Waals surface area (Å²) in [6.07, 6.45) is 0.198. The Hall–Kier alpha value is -1.83. The third-order valence-corrected chi connectivity index (χ3v) is 4.70. The molecule has 0 radical (unpaired) electrons. The highest BCUT2D eigenvalue weighted by molar-refractivity contribution is 5.79. The quantitative estimate of drug-likeness (QED) is 0.298. The second-order valence-electron chi connectivity index (χ2n) is 7.84. The van der Waals surface area contributed by atoms with Crippen LogP contribution >= 0.6 is 0 Å². The predicted molar refractivity (Wildman–Crippen MR) is 121 cm³/mol. The molecule has 2 rings (SSSR count). The van der Waals surface area contributed by atoms with Crippen LogP contribution in [0.5, 0.6) is 0 Å². The molecule has 29 heavy (non-hydrogen) atoms. The van der Waals surface area contributed by atoms with Crippen molar-refractivity contribution in [2.24, 2.45) is 10.9 Å². The summed E-state index contributed by atoms with van der Waals surface area (Å²) in [6, 6.07) is 8.38. The first-order valence-corrected chi connectivity index (χ1v) is 10.8. The first-order valence-electron chi connectivity index (χ1n) is 10.8. The maximum Gasteiger partial charge on any atom is 0.191 e. The smallest absolute Gasteiger partial charge is 0.191 e. The molecule has 0 bridgehead atoms. The maximum absolute atomic E-state index is 5.93. The Morgan fingerprint density at radius 2 is 2.07 bits per heavy atom.